The molecule has 0 amide bonds. The van der Waals surface area contributed by atoms with Crippen LogP contribution < -0.4 is 11.3 Å². The predicted octanol–water partition coefficient (Wildman–Crippen LogP) is -0.521. The Morgan fingerprint density at radius 2 is 2.40 bits per heavy atom. The van der Waals surface area contributed by atoms with Gasteiger partial charge in [0.2, 0.25) is 0 Å². The van der Waals surface area contributed by atoms with Gasteiger partial charge in [-0.05, 0) is 0 Å². The molecule has 0 aliphatic heterocycles. The summed E-state index contributed by atoms with van der Waals surface area (Å²) in [7, 11) is 0. The number of hydrogen-bond acceptors (Lipinski definition) is 3. The van der Waals surface area contributed by atoms with Crippen LogP contribution in [0.25, 0.3) is 0 Å². The number of hydrogen-bond donors (Lipinski definition) is 3. The van der Waals surface area contributed by atoms with Crippen molar-refractivity contribution in [2.45, 2.75) is 0 Å². The third-order valence-electron chi connectivity index (χ3n) is 0.171. The molecule has 0 unspecified atom stereocenters. The lowest BCUT2D eigenvalue weighted by Crippen LogP contribution is -2.12. The molecule has 0 bridgehead atoms. The molecular formula is C2H6N2O. The number of nitrogens with two attached hydrogens (primary N) is 1. The summed E-state index contributed by atoms with van der Waals surface area (Å²) in [6.45, 7) is 0. The van der Waals surface area contributed by atoms with Crippen molar-refractivity contribution in [1.82, 2.24) is 5.43 Å². The normalized spacial score (nSPS) is 9.00. The fourth-order valence-corrected chi connectivity index (χ4v) is 0.0430. The Balaban J connectivity index is 2.62. The quantitative estimate of drug-likeness (QED) is 0.223. The molecule has 0 heterocycles. The SMILES string of the molecule is NNC=CO. The molecule has 0 radical (unpaired) electrons. The summed E-state index contributed by atoms with van der Waals surface area (Å²) in [4.78, 5) is 0. The van der Waals surface area contributed by atoms with Crippen molar-refractivity contribution in [2.24, 2.45) is 5.84 Å². The second-order valence-corrected chi connectivity index (χ2v) is 0.482. The third-order valence-corrected chi connectivity index (χ3v) is 0.171. The zero-order valence-electron chi connectivity index (χ0n) is 2.68. The van der Waals surface area contributed by atoms with Crippen molar-refractivity contribution in [1.29, 1.82) is 0 Å². The van der Waals surface area contributed by atoms with E-state index in [0.29, 0.717) is 0 Å². The highest BCUT2D eigenvalue weighted by Gasteiger charge is 1.46. The summed E-state index contributed by atoms with van der Waals surface area (Å²) in [5.41, 5.74) is 2.09. The molecule has 0 aromatic carbocycles. The Bertz CT molecular complexity index is 34.6. The second-order valence-electron chi connectivity index (χ2n) is 0.482. The fourth-order valence-electron chi connectivity index (χ4n) is 0.0430. The number of hydrazine groups is 1. The molecule has 0 saturated heterocycles. The zero-order chi connectivity index (χ0) is 4.12. The molecule has 0 spiro atoms. The summed E-state index contributed by atoms with van der Waals surface area (Å²) in [5, 5.41) is 7.74. The van der Waals surface area contributed by atoms with E-state index in [1.165, 1.54) is 6.20 Å². The second kappa shape index (κ2) is 3.30. The maximum Gasteiger partial charge on any atom is 0.0962 e. The summed E-state index contributed by atoms with van der Waals surface area (Å²) in [6, 6.07) is 0. The standard InChI is InChI=1S/C2H6N2O/c3-4-1-2-5/h1-2,4-5H,3H2. The van der Waals surface area contributed by atoms with E-state index in [1.54, 1.807) is 0 Å². The maximum atomic E-state index is 7.74. The van der Waals surface area contributed by atoms with Gasteiger partial charge in [0.05, 0.1) is 6.26 Å². The predicted molar refractivity (Wildman–Crippen MR) is 19.1 cm³/mol. The summed E-state index contributed by atoms with van der Waals surface area (Å²) in [6.07, 6.45) is 2.03. The van der Waals surface area contributed by atoms with Crippen LogP contribution in [0.3, 0.4) is 0 Å². The lowest BCUT2D eigenvalue weighted by molar-refractivity contribution is 0.469. The Hall–Kier alpha value is -0.700. The molecule has 0 aromatic heterocycles. The zero-order valence-corrected chi connectivity index (χ0v) is 2.68. The molecule has 30 valence electrons. The van der Waals surface area contributed by atoms with Gasteiger partial charge >= 0.3 is 0 Å². The van der Waals surface area contributed by atoms with E-state index >= 15 is 0 Å². The first-order valence-electron chi connectivity index (χ1n) is 1.17. The molecule has 0 atom stereocenters. The number of nitrogens with one attached hydrogen (secondary N) is 1. The monoisotopic (exact) mass is 74.0 g/mol. The summed E-state index contributed by atoms with van der Waals surface area (Å²) in [5.74, 6) is 4.64. The molecule has 0 aliphatic rings. The molecule has 0 fully saturated rings. The van der Waals surface area contributed by atoms with Crippen LogP contribution in [0.2, 0.25) is 0 Å². The highest BCUT2D eigenvalue weighted by molar-refractivity contribution is 4.61. The number of aliphatic hydroxyl groups excluding tert-OH is 1. The van der Waals surface area contributed by atoms with Crippen LogP contribution in [0.15, 0.2) is 12.5 Å². The molecule has 4 N–H and O–H groups in total. The van der Waals surface area contributed by atoms with Crippen molar-refractivity contribution in [3.05, 3.63) is 12.5 Å². The van der Waals surface area contributed by atoms with Crippen molar-refractivity contribution in [3.8, 4) is 0 Å². The van der Waals surface area contributed by atoms with Crippen LogP contribution in [-0.4, -0.2) is 5.11 Å². The number of aliphatic hydroxyl groups is 1. The maximum absolute atomic E-state index is 7.74. The first-order chi connectivity index (χ1) is 2.41. The molecule has 0 saturated carbocycles. The Kier molecular flexibility index (Phi) is 2.84. The molecule has 0 aliphatic carbocycles. The van der Waals surface area contributed by atoms with Crippen molar-refractivity contribution >= 4 is 0 Å². The van der Waals surface area contributed by atoms with Gasteiger partial charge in [0.15, 0.2) is 0 Å². The van der Waals surface area contributed by atoms with Gasteiger partial charge in [-0.2, -0.15) is 0 Å². The van der Waals surface area contributed by atoms with E-state index in [0.717, 1.165) is 6.26 Å². The van der Waals surface area contributed by atoms with E-state index in [-0.39, 0.29) is 0 Å². The average Bonchev–Trinajstić information content (AvgIpc) is 1.41. The van der Waals surface area contributed by atoms with Gasteiger partial charge in [0.1, 0.15) is 0 Å². The fraction of sp³-hybridized carbons (Fsp3) is 0. The minimum Gasteiger partial charge on any atom is -0.514 e. The largest absolute Gasteiger partial charge is 0.514 e. The van der Waals surface area contributed by atoms with E-state index in [1.807, 2.05) is 0 Å². The van der Waals surface area contributed by atoms with E-state index in [2.05, 4.69) is 11.3 Å². The average molecular weight is 74.1 g/mol. The van der Waals surface area contributed by atoms with Gasteiger partial charge in [-0.1, -0.05) is 0 Å². The van der Waals surface area contributed by atoms with Crippen LogP contribution in [0.5, 0.6) is 0 Å². The van der Waals surface area contributed by atoms with Crippen LogP contribution in [0.4, 0.5) is 0 Å². The molecule has 5 heavy (non-hydrogen) atoms. The Morgan fingerprint density at radius 1 is 1.80 bits per heavy atom. The summed E-state index contributed by atoms with van der Waals surface area (Å²) >= 11 is 0. The van der Waals surface area contributed by atoms with E-state index in [9.17, 15) is 0 Å². The van der Waals surface area contributed by atoms with Gasteiger partial charge in [-0.3, -0.25) is 5.84 Å². The smallest absolute Gasteiger partial charge is 0.0962 e. The van der Waals surface area contributed by atoms with Crippen LogP contribution in [0, 0.1) is 0 Å². The third kappa shape index (κ3) is 3.30. The van der Waals surface area contributed by atoms with Gasteiger partial charge in [-0.15, -0.1) is 0 Å². The van der Waals surface area contributed by atoms with Crippen LogP contribution in [0.1, 0.15) is 0 Å². The Labute approximate surface area is 30.1 Å². The summed E-state index contributed by atoms with van der Waals surface area (Å²) < 4.78 is 0. The van der Waals surface area contributed by atoms with Crippen molar-refractivity contribution in [2.75, 3.05) is 0 Å². The van der Waals surface area contributed by atoms with Crippen molar-refractivity contribution in [3.63, 3.8) is 0 Å². The van der Waals surface area contributed by atoms with Gasteiger partial charge < -0.3 is 10.5 Å². The minimum atomic E-state index is 0.819. The first-order valence-corrected chi connectivity index (χ1v) is 1.17. The minimum absolute atomic E-state index is 0.819. The molecule has 0 rings (SSSR count). The van der Waals surface area contributed by atoms with Crippen LogP contribution >= 0.6 is 0 Å². The molecule has 0 aromatic rings. The lowest BCUT2D eigenvalue weighted by Gasteiger charge is -1.75. The highest BCUT2D eigenvalue weighted by atomic mass is 16.2. The van der Waals surface area contributed by atoms with Crippen molar-refractivity contribution < 1.29 is 5.11 Å². The molecular weight excluding hydrogens is 68.0 g/mol. The van der Waals surface area contributed by atoms with Crippen LogP contribution in [-0.2, 0) is 0 Å². The van der Waals surface area contributed by atoms with Gasteiger partial charge in [0.25, 0.3) is 0 Å². The van der Waals surface area contributed by atoms with E-state index < -0.39 is 0 Å². The molecule has 3 heteroatoms. The molecule has 3 nitrogen and oxygen atoms in total. The highest BCUT2D eigenvalue weighted by Crippen LogP contribution is 1.44. The van der Waals surface area contributed by atoms with Gasteiger partial charge in [-0.25, -0.2) is 0 Å². The first kappa shape index (κ1) is 4.30. The lowest BCUT2D eigenvalue weighted by atomic mass is 11.0. The van der Waals surface area contributed by atoms with Gasteiger partial charge in [0, 0.05) is 6.20 Å². The topological polar surface area (TPSA) is 58.3 Å². The van der Waals surface area contributed by atoms with E-state index in [4.69, 9.17) is 5.11 Å². The Morgan fingerprint density at radius 3 is 2.40 bits per heavy atom. The number of rotatable bonds is 1.